The Labute approximate surface area is 119 Å². The van der Waals surface area contributed by atoms with Crippen LogP contribution in [-0.2, 0) is 9.53 Å². The van der Waals surface area contributed by atoms with E-state index in [0.717, 1.165) is 30.0 Å². The molecule has 1 atom stereocenters. The quantitative estimate of drug-likeness (QED) is 0.792. The van der Waals surface area contributed by atoms with Gasteiger partial charge in [-0.3, -0.25) is 9.69 Å². The Morgan fingerprint density at radius 2 is 2.21 bits per heavy atom. The lowest BCUT2D eigenvalue weighted by atomic mass is 10.0. The number of carbonyl (C=O) groups excluding carboxylic acids is 1. The second-order valence-corrected chi connectivity index (χ2v) is 5.60. The molecule has 0 bridgehead atoms. The minimum absolute atomic E-state index is 0.0612. The molecule has 1 heterocycles. The van der Waals surface area contributed by atoms with Crippen molar-refractivity contribution >= 4 is 17.6 Å². The van der Waals surface area contributed by atoms with Gasteiger partial charge in [0.25, 0.3) is 0 Å². The third kappa shape index (κ3) is 3.71. The molecule has 0 N–H and O–H groups in total. The lowest BCUT2D eigenvalue weighted by Gasteiger charge is -2.25. The zero-order chi connectivity index (χ0) is 13.8. The highest BCUT2D eigenvalue weighted by Gasteiger charge is 2.29. The van der Waals surface area contributed by atoms with Crippen LogP contribution in [0.15, 0.2) is 24.3 Å². The summed E-state index contributed by atoms with van der Waals surface area (Å²) in [5.74, 6) is -0.158. The topological polar surface area (TPSA) is 29.5 Å². The van der Waals surface area contributed by atoms with Crippen LogP contribution in [0.5, 0.6) is 0 Å². The molecular formula is C15H20ClNO2. The third-order valence-electron chi connectivity index (χ3n) is 3.33. The van der Waals surface area contributed by atoms with Gasteiger partial charge < -0.3 is 4.74 Å². The maximum Gasteiger partial charge on any atom is 0.320 e. The number of likely N-dealkylation sites (tertiary alicyclic amines) is 1. The molecule has 1 unspecified atom stereocenters. The van der Waals surface area contributed by atoms with Crippen molar-refractivity contribution in [3.8, 4) is 0 Å². The molecule has 1 saturated heterocycles. The van der Waals surface area contributed by atoms with Crippen LogP contribution in [0.3, 0.4) is 0 Å². The summed E-state index contributed by atoms with van der Waals surface area (Å²) < 4.78 is 5.21. The summed E-state index contributed by atoms with van der Waals surface area (Å²) in [4.78, 5) is 13.9. The van der Waals surface area contributed by atoms with Crippen molar-refractivity contribution < 1.29 is 9.53 Å². The molecule has 2 rings (SSSR count). The fourth-order valence-electron chi connectivity index (χ4n) is 2.58. The largest absolute Gasteiger partial charge is 0.462 e. The van der Waals surface area contributed by atoms with E-state index in [4.69, 9.17) is 16.3 Å². The molecule has 1 aromatic carbocycles. The number of hydrogen-bond acceptors (Lipinski definition) is 3. The van der Waals surface area contributed by atoms with Crippen molar-refractivity contribution in [1.29, 1.82) is 0 Å². The van der Waals surface area contributed by atoms with E-state index < -0.39 is 0 Å². The molecule has 0 aliphatic carbocycles. The molecule has 0 radical (unpaired) electrons. The van der Waals surface area contributed by atoms with Crippen LogP contribution < -0.4 is 0 Å². The standard InChI is InChI=1S/C15H20ClNO2/c1-11(2)19-15(18)10-17-9-5-8-14(17)12-6-3-4-7-13(12)16/h3-4,6-7,11,14H,5,8-10H2,1-2H3. The zero-order valence-electron chi connectivity index (χ0n) is 11.4. The minimum atomic E-state index is -0.158. The van der Waals surface area contributed by atoms with Gasteiger partial charge in [0.1, 0.15) is 0 Å². The van der Waals surface area contributed by atoms with E-state index in [-0.39, 0.29) is 18.1 Å². The molecular weight excluding hydrogens is 262 g/mol. The van der Waals surface area contributed by atoms with E-state index in [1.807, 2.05) is 38.1 Å². The lowest BCUT2D eigenvalue weighted by molar-refractivity contribution is -0.148. The molecule has 1 aliphatic rings. The molecule has 0 amide bonds. The summed E-state index contributed by atoms with van der Waals surface area (Å²) in [6.45, 7) is 5.00. The van der Waals surface area contributed by atoms with E-state index in [9.17, 15) is 4.79 Å². The highest BCUT2D eigenvalue weighted by molar-refractivity contribution is 6.31. The summed E-state index contributed by atoms with van der Waals surface area (Å²) >= 11 is 6.25. The zero-order valence-corrected chi connectivity index (χ0v) is 12.2. The van der Waals surface area contributed by atoms with Gasteiger partial charge in [0, 0.05) is 11.1 Å². The van der Waals surface area contributed by atoms with E-state index in [0.29, 0.717) is 6.54 Å². The minimum Gasteiger partial charge on any atom is -0.462 e. The first kappa shape index (κ1) is 14.4. The van der Waals surface area contributed by atoms with Gasteiger partial charge in [0.05, 0.1) is 12.6 Å². The van der Waals surface area contributed by atoms with Crippen LogP contribution in [0.4, 0.5) is 0 Å². The normalized spacial score (nSPS) is 19.9. The number of carbonyl (C=O) groups is 1. The first-order valence-electron chi connectivity index (χ1n) is 6.76. The molecule has 1 fully saturated rings. The van der Waals surface area contributed by atoms with Crippen molar-refractivity contribution in [2.45, 2.75) is 38.8 Å². The third-order valence-corrected chi connectivity index (χ3v) is 3.67. The van der Waals surface area contributed by atoms with Crippen LogP contribution in [0.1, 0.15) is 38.3 Å². The number of benzene rings is 1. The number of ether oxygens (including phenoxy) is 1. The summed E-state index contributed by atoms with van der Waals surface area (Å²) in [5.41, 5.74) is 1.11. The number of rotatable bonds is 4. The van der Waals surface area contributed by atoms with Crippen molar-refractivity contribution in [2.24, 2.45) is 0 Å². The SMILES string of the molecule is CC(C)OC(=O)CN1CCCC1c1ccccc1Cl. The van der Waals surface area contributed by atoms with Crippen molar-refractivity contribution in [1.82, 2.24) is 4.90 Å². The van der Waals surface area contributed by atoms with Gasteiger partial charge in [-0.1, -0.05) is 29.8 Å². The summed E-state index contributed by atoms with van der Waals surface area (Å²) in [7, 11) is 0. The van der Waals surface area contributed by atoms with Gasteiger partial charge >= 0.3 is 5.97 Å². The number of esters is 1. The second-order valence-electron chi connectivity index (χ2n) is 5.19. The Bertz CT molecular complexity index is 448. The van der Waals surface area contributed by atoms with Gasteiger partial charge in [-0.15, -0.1) is 0 Å². The highest BCUT2D eigenvalue weighted by Crippen LogP contribution is 2.35. The van der Waals surface area contributed by atoms with E-state index >= 15 is 0 Å². The molecule has 1 aromatic rings. The lowest BCUT2D eigenvalue weighted by Crippen LogP contribution is -2.31. The first-order valence-corrected chi connectivity index (χ1v) is 7.13. The number of nitrogens with zero attached hydrogens (tertiary/aromatic N) is 1. The van der Waals surface area contributed by atoms with Crippen molar-refractivity contribution in [2.75, 3.05) is 13.1 Å². The predicted molar refractivity (Wildman–Crippen MR) is 76.2 cm³/mol. The van der Waals surface area contributed by atoms with Crippen molar-refractivity contribution in [3.63, 3.8) is 0 Å². The Kier molecular flexibility index (Phi) is 4.83. The molecule has 1 aliphatic heterocycles. The fourth-order valence-corrected chi connectivity index (χ4v) is 2.84. The second kappa shape index (κ2) is 6.40. The molecule has 19 heavy (non-hydrogen) atoms. The van der Waals surface area contributed by atoms with Gasteiger partial charge in [-0.2, -0.15) is 0 Å². The Balaban J connectivity index is 2.05. The average molecular weight is 282 g/mol. The number of halogens is 1. The van der Waals surface area contributed by atoms with Crippen molar-refractivity contribution in [3.05, 3.63) is 34.9 Å². The summed E-state index contributed by atoms with van der Waals surface area (Å²) in [6, 6.07) is 8.09. The Morgan fingerprint density at radius 3 is 2.89 bits per heavy atom. The molecule has 104 valence electrons. The average Bonchev–Trinajstić information content (AvgIpc) is 2.76. The fraction of sp³-hybridized carbons (Fsp3) is 0.533. The maximum atomic E-state index is 11.8. The van der Waals surface area contributed by atoms with Crippen LogP contribution in [0.25, 0.3) is 0 Å². The van der Waals surface area contributed by atoms with Crippen LogP contribution in [-0.4, -0.2) is 30.1 Å². The Hall–Kier alpha value is -1.06. The molecule has 0 aromatic heterocycles. The predicted octanol–water partition coefficient (Wildman–Crippen LogP) is 3.43. The Morgan fingerprint density at radius 1 is 1.47 bits per heavy atom. The van der Waals surface area contributed by atoms with Gasteiger partial charge in [0.15, 0.2) is 0 Å². The molecule has 4 heteroatoms. The van der Waals surface area contributed by atoms with Crippen LogP contribution >= 0.6 is 11.6 Å². The van der Waals surface area contributed by atoms with Crippen LogP contribution in [0, 0.1) is 0 Å². The molecule has 0 spiro atoms. The van der Waals surface area contributed by atoms with Gasteiger partial charge in [-0.05, 0) is 44.9 Å². The summed E-state index contributed by atoms with van der Waals surface area (Å²) in [6.07, 6.45) is 2.07. The number of hydrogen-bond donors (Lipinski definition) is 0. The first-order chi connectivity index (χ1) is 9.08. The van der Waals surface area contributed by atoms with E-state index in [1.54, 1.807) is 0 Å². The monoisotopic (exact) mass is 281 g/mol. The summed E-state index contributed by atoms with van der Waals surface area (Å²) in [5, 5.41) is 0.775. The van der Waals surface area contributed by atoms with Gasteiger partial charge in [-0.25, -0.2) is 0 Å². The smallest absolute Gasteiger partial charge is 0.320 e. The van der Waals surface area contributed by atoms with E-state index in [1.165, 1.54) is 0 Å². The van der Waals surface area contributed by atoms with Crippen LogP contribution in [0.2, 0.25) is 5.02 Å². The molecule has 3 nitrogen and oxygen atoms in total. The highest BCUT2D eigenvalue weighted by atomic mass is 35.5. The maximum absolute atomic E-state index is 11.8. The van der Waals surface area contributed by atoms with Gasteiger partial charge in [0.2, 0.25) is 0 Å². The molecule has 0 saturated carbocycles. The van der Waals surface area contributed by atoms with E-state index in [2.05, 4.69) is 4.90 Å².